The molecule has 4 aromatic rings. The fourth-order valence-electron chi connectivity index (χ4n) is 3.01. The first-order chi connectivity index (χ1) is 14.0. The number of phenols is 1. The number of fused-ring (bicyclic) bond motifs is 1. The van der Waals surface area contributed by atoms with Gasteiger partial charge in [-0.05, 0) is 55.5 Å². The normalized spacial score (nSPS) is 10.9. The standard InChI is InChI=1S/C21H17ClN4O3/c1-12-18-19(22)17(21(28)24-13-3-7-15(27)8-4-13)11-23-20(18)26(25-12)14-5-9-16(29-2)10-6-14/h3-11,27H,1-2H3,(H,24,28). The lowest BCUT2D eigenvalue weighted by molar-refractivity contribution is 0.102. The Bertz CT molecular complexity index is 1200. The number of nitrogens with one attached hydrogen (secondary N) is 1. The van der Waals surface area contributed by atoms with Crippen molar-refractivity contribution < 1.29 is 14.6 Å². The second-order valence-corrected chi connectivity index (χ2v) is 6.76. The molecule has 0 aliphatic rings. The van der Waals surface area contributed by atoms with Crippen LogP contribution in [0.5, 0.6) is 11.5 Å². The molecule has 2 heterocycles. The van der Waals surface area contributed by atoms with Crippen molar-refractivity contribution in [3.8, 4) is 17.2 Å². The van der Waals surface area contributed by atoms with Crippen LogP contribution in [0, 0.1) is 6.92 Å². The van der Waals surface area contributed by atoms with Crippen LogP contribution in [0.15, 0.2) is 54.7 Å². The number of aromatic hydroxyl groups is 1. The number of rotatable bonds is 4. The highest BCUT2D eigenvalue weighted by Gasteiger charge is 2.20. The predicted molar refractivity (Wildman–Crippen MR) is 111 cm³/mol. The molecule has 8 heteroatoms. The van der Waals surface area contributed by atoms with Gasteiger partial charge < -0.3 is 15.2 Å². The van der Waals surface area contributed by atoms with E-state index in [1.54, 1.807) is 23.9 Å². The van der Waals surface area contributed by atoms with Gasteiger partial charge in [-0.3, -0.25) is 4.79 Å². The molecule has 0 aliphatic heterocycles. The molecular formula is C21H17ClN4O3. The molecule has 0 bridgehead atoms. The summed E-state index contributed by atoms with van der Waals surface area (Å²) in [5, 5.41) is 17.5. The quantitative estimate of drug-likeness (QED) is 0.490. The lowest BCUT2D eigenvalue weighted by atomic mass is 10.2. The Labute approximate surface area is 171 Å². The van der Waals surface area contributed by atoms with Crippen molar-refractivity contribution in [1.82, 2.24) is 14.8 Å². The Balaban J connectivity index is 1.73. The number of carbonyl (C=O) groups excluding carboxylic acids is 1. The number of hydrogen-bond donors (Lipinski definition) is 2. The van der Waals surface area contributed by atoms with Gasteiger partial charge in [-0.2, -0.15) is 5.10 Å². The minimum Gasteiger partial charge on any atom is -0.508 e. The third-order valence-electron chi connectivity index (χ3n) is 4.49. The SMILES string of the molecule is COc1ccc(-n2nc(C)c3c(Cl)c(C(=O)Nc4ccc(O)cc4)cnc32)cc1. The summed E-state index contributed by atoms with van der Waals surface area (Å²) in [5.41, 5.74) is 2.79. The lowest BCUT2D eigenvalue weighted by Gasteiger charge is -2.08. The Hall–Kier alpha value is -3.58. The first kappa shape index (κ1) is 18.8. The van der Waals surface area contributed by atoms with E-state index in [-0.39, 0.29) is 16.3 Å². The van der Waals surface area contributed by atoms with Crippen LogP contribution in [0.3, 0.4) is 0 Å². The summed E-state index contributed by atoms with van der Waals surface area (Å²) in [4.78, 5) is 17.1. The number of pyridine rings is 1. The summed E-state index contributed by atoms with van der Waals surface area (Å²) in [6, 6.07) is 13.6. The van der Waals surface area contributed by atoms with E-state index in [0.717, 1.165) is 11.4 Å². The Morgan fingerprint density at radius 3 is 2.48 bits per heavy atom. The topological polar surface area (TPSA) is 89.3 Å². The molecule has 0 saturated carbocycles. The summed E-state index contributed by atoms with van der Waals surface area (Å²) in [6.07, 6.45) is 1.43. The van der Waals surface area contributed by atoms with Gasteiger partial charge in [0, 0.05) is 11.9 Å². The molecule has 0 unspecified atom stereocenters. The highest BCUT2D eigenvalue weighted by Crippen LogP contribution is 2.31. The maximum atomic E-state index is 12.7. The van der Waals surface area contributed by atoms with Gasteiger partial charge in [-0.15, -0.1) is 0 Å². The lowest BCUT2D eigenvalue weighted by Crippen LogP contribution is -2.13. The highest BCUT2D eigenvalue weighted by atomic mass is 35.5. The minimum atomic E-state index is -0.397. The van der Waals surface area contributed by atoms with E-state index in [0.29, 0.717) is 22.4 Å². The third kappa shape index (κ3) is 3.48. The van der Waals surface area contributed by atoms with Gasteiger partial charge in [0.15, 0.2) is 5.65 Å². The number of amides is 1. The van der Waals surface area contributed by atoms with Crippen LogP contribution in [0.1, 0.15) is 16.1 Å². The number of hydrogen-bond acceptors (Lipinski definition) is 5. The number of halogens is 1. The fourth-order valence-corrected chi connectivity index (χ4v) is 3.37. The van der Waals surface area contributed by atoms with Gasteiger partial charge in [-0.25, -0.2) is 9.67 Å². The predicted octanol–water partition coefficient (Wildman–Crippen LogP) is 4.35. The molecular weight excluding hydrogens is 392 g/mol. The Morgan fingerprint density at radius 1 is 1.14 bits per heavy atom. The highest BCUT2D eigenvalue weighted by molar-refractivity contribution is 6.39. The van der Waals surface area contributed by atoms with Gasteiger partial charge in [0.05, 0.1) is 34.5 Å². The molecule has 4 rings (SSSR count). The van der Waals surface area contributed by atoms with Crippen LogP contribution in [-0.2, 0) is 0 Å². The molecule has 2 N–H and O–H groups in total. The minimum absolute atomic E-state index is 0.116. The Morgan fingerprint density at radius 2 is 1.83 bits per heavy atom. The summed E-state index contributed by atoms with van der Waals surface area (Å²) in [7, 11) is 1.61. The zero-order valence-corrected chi connectivity index (χ0v) is 16.4. The number of nitrogens with zero attached hydrogens (tertiary/aromatic N) is 3. The van der Waals surface area contributed by atoms with E-state index in [2.05, 4.69) is 15.4 Å². The first-order valence-corrected chi connectivity index (χ1v) is 9.14. The zero-order valence-electron chi connectivity index (χ0n) is 15.7. The summed E-state index contributed by atoms with van der Waals surface area (Å²) in [5.74, 6) is 0.457. The van der Waals surface area contributed by atoms with Crippen molar-refractivity contribution in [2.75, 3.05) is 12.4 Å². The maximum absolute atomic E-state index is 12.7. The van der Waals surface area contributed by atoms with Crippen LogP contribution in [0.4, 0.5) is 5.69 Å². The molecule has 2 aromatic heterocycles. The van der Waals surface area contributed by atoms with Crippen LogP contribution in [0.2, 0.25) is 5.02 Å². The average Bonchev–Trinajstić information content (AvgIpc) is 3.07. The van der Waals surface area contributed by atoms with E-state index < -0.39 is 5.91 Å². The molecule has 0 atom stereocenters. The van der Waals surface area contributed by atoms with Gasteiger partial charge in [0.2, 0.25) is 0 Å². The molecule has 1 amide bonds. The number of aryl methyl sites for hydroxylation is 1. The first-order valence-electron chi connectivity index (χ1n) is 8.76. The molecule has 0 radical (unpaired) electrons. The molecule has 7 nitrogen and oxygen atoms in total. The number of methoxy groups -OCH3 is 1. The number of aromatic nitrogens is 3. The van der Waals surface area contributed by atoms with E-state index in [9.17, 15) is 9.90 Å². The van der Waals surface area contributed by atoms with Crippen LogP contribution in [-0.4, -0.2) is 32.9 Å². The summed E-state index contributed by atoms with van der Waals surface area (Å²) >= 11 is 6.57. The van der Waals surface area contributed by atoms with E-state index in [1.165, 1.54) is 18.3 Å². The van der Waals surface area contributed by atoms with Crippen LogP contribution in [0.25, 0.3) is 16.7 Å². The van der Waals surface area contributed by atoms with E-state index >= 15 is 0 Å². The van der Waals surface area contributed by atoms with Gasteiger partial charge in [-0.1, -0.05) is 11.6 Å². The second kappa shape index (κ2) is 7.44. The van der Waals surface area contributed by atoms with Crippen LogP contribution < -0.4 is 10.1 Å². The van der Waals surface area contributed by atoms with Gasteiger partial charge in [0.1, 0.15) is 11.5 Å². The van der Waals surface area contributed by atoms with E-state index in [4.69, 9.17) is 16.3 Å². The molecule has 29 heavy (non-hydrogen) atoms. The zero-order chi connectivity index (χ0) is 20.5. The molecule has 0 saturated heterocycles. The van der Waals surface area contributed by atoms with Crippen molar-refractivity contribution in [1.29, 1.82) is 0 Å². The van der Waals surface area contributed by atoms with E-state index in [1.807, 2.05) is 31.2 Å². The van der Waals surface area contributed by atoms with Crippen molar-refractivity contribution in [2.45, 2.75) is 6.92 Å². The number of ether oxygens (including phenoxy) is 1. The molecule has 0 spiro atoms. The molecule has 0 fully saturated rings. The van der Waals surface area contributed by atoms with Crippen LogP contribution >= 0.6 is 11.6 Å². The largest absolute Gasteiger partial charge is 0.508 e. The smallest absolute Gasteiger partial charge is 0.258 e. The van der Waals surface area contributed by atoms with Crippen molar-refractivity contribution in [3.63, 3.8) is 0 Å². The summed E-state index contributed by atoms with van der Waals surface area (Å²) < 4.78 is 6.87. The number of anilines is 1. The van der Waals surface area contributed by atoms with Crippen molar-refractivity contribution in [2.24, 2.45) is 0 Å². The molecule has 146 valence electrons. The molecule has 0 aliphatic carbocycles. The number of carbonyl (C=O) groups is 1. The average molecular weight is 409 g/mol. The van der Waals surface area contributed by atoms with Crippen molar-refractivity contribution in [3.05, 3.63) is 71.0 Å². The van der Waals surface area contributed by atoms with Crippen molar-refractivity contribution >= 4 is 34.2 Å². The monoisotopic (exact) mass is 408 g/mol. The number of phenolic OH excluding ortho intramolecular Hbond substituents is 1. The third-order valence-corrected chi connectivity index (χ3v) is 4.89. The summed E-state index contributed by atoms with van der Waals surface area (Å²) in [6.45, 7) is 1.82. The van der Waals surface area contributed by atoms with Gasteiger partial charge >= 0.3 is 0 Å². The van der Waals surface area contributed by atoms with Gasteiger partial charge in [0.25, 0.3) is 5.91 Å². The number of benzene rings is 2. The fraction of sp³-hybridized carbons (Fsp3) is 0.0952. The molecule has 2 aromatic carbocycles. The Kier molecular flexibility index (Phi) is 4.82. The second-order valence-electron chi connectivity index (χ2n) is 6.38. The maximum Gasteiger partial charge on any atom is 0.258 e.